The molecule has 1 fully saturated rings. The number of hydrogen-bond acceptors (Lipinski definition) is 6. The smallest absolute Gasteiger partial charge is 0.247 e. The van der Waals surface area contributed by atoms with Crippen LogP contribution in [-0.2, 0) is 4.74 Å². The molecular formula is C13H13F2N5O. The molecule has 0 aliphatic carbocycles. The van der Waals surface area contributed by atoms with Gasteiger partial charge in [-0.1, -0.05) is 0 Å². The lowest BCUT2D eigenvalue weighted by Gasteiger charge is -2.26. The topological polar surface area (TPSA) is 63.2 Å². The van der Waals surface area contributed by atoms with Crippen molar-refractivity contribution < 1.29 is 13.5 Å². The second-order valence-electron chi connectivity index (χ2n) is 4.49. The van der Waals surface area contributed by atoms with E-state index in [4.69, 9.17) is 4.74 Å². The first kappa shape index (κ1) is 13.6. The van der Waals surface area contributed by atoms with E-state index in [-0.39, 0.29) is 5.69 Å². The van der Waals surface area contributed by atoms with Crippen LogP contribution < -0.4 is 10.2 Å². The molecule has 0 bridgehead atoms. The second kappa shape index (κ2) is 5.96. The highest BCUT2D eigenvalue weighted by molar-refractivity contribution is 5.56. The lowest BCUT2D eigenvalue weighted by atomic mass is 10.3. The molecule has 0 radical (unpaired) electrons. The second-order valence-corrected chi connectivity index (χ2v) is 4.49. The van der Waals surface area contributed by atoms with E-state index in [0.717, 1.165) is 6.07 Å². The number of ether oxygens (including phenoxy) is 1. The van der Waals surface area contributed by atoms with Crippen molar-refractivity contribution >= 4 is 17.5 Å². The third-order valence-corrected chi connectivity index (χ3v) is 3.04. The first-order valence-electron chi connectivity index (χ1n) is 6.47. The summed E-state index contributed by atoms with van der Waals surface area (Å²) in [7, 11) is 0. The molecule has 3 rings (SSSR count). The zero-order valence-electron chi connectivity index (χ0n) is 11.1. The number of benzene rings is 1. The van der Waals surface area contributed by atoms with E-state index in [1.54, 1.807) is 0 Å². The number of nitrogens with one attached hydrogen (secondary N) is 1. The van der Waals surface area contributed by atoms with Crippen molar-refractivity contribution in [2.45, 2.75) is 0 Å². The molecule has 8 heteroatoms. The lowest BCUT2D eigenvalue weighted by Crippen LogP contribution is -2.37. The molecule has 1 N–H and O–H groups in total. The Morgan fingerprint density at radius 1 is 1.19 bits per heavy atom. The number of hydrogen-bond donors (Lipinski definition) is 1. The minimum absolute atomic E-state index is 0.129. The van der Waals surface area contributed by atoms with Crippen molar-refractivity contribution in [3.05, 3.63) is 36.0 Å². The van der Waals surface area contributed by atoms with Crippen LogP contribution in [0.1, 0.15) is 0 Å². The maximum absolute atomic E-state index is 13.6. The Bertz CT molecular complexity index is 634. The predicted molar refractivity (Wildman–Crippen MR) is 72.5 cm³/mol. The van der Waals surface area contributed by atoms with Gasteiger partial charge < -0.3 is 15.0 Å². The van der Waals surface area contributed by atoms with Crippen LogP contribution in [0.5, 0.6) is 0 Å². The van der Waals surface area contributed by atoms with Gasteiger partial charge in [0, 0.05) is 19.2 Å². The van der Waals surface area contributed by atoms with Crippen LogP contribution in [0.15, 0.2) is 24.4 Å². The molecule has 6 nitrogen and oxygen atoms in total. The van der Waals surface area contributed by atoms with Gasteiger partial charge in [-0.2, -0.15) is 10.1 Å². The molecule has 0 unspecified atom stereocenters. The molecule has 1 aliphatic rings. The molecule has 2 heterocycles. The van der Waals surface area contributed by atoms with Crippen LogP contribution in [0.4, 0.5) is 26.2 Å². The molecule has 110 valence electrons. The van der Waals surface area contributed by atoms with E-state index < -0.39 is 11.6 Å². The van der Waals surface area contributed by atoms with Gasteiger partial charge in [-0.3, -0.25) is 0 Å². The third-order valence-electron chi connectivity index (χ3n) is 3.04. The fraction of sp³-hybridized carbons (Fsp3) is 0.308. The Labute approximate surface area is 119 Å². The number of halogens is 2. The van der Waals surface area contributed by atoms with Crippen molar-refractivity contribution in [1.29, 1.82) is 0 Å². The van der Waals surface area contributed by atoms with Gasteiger partial charge in [0.2, 0.25) is 5.95 Å². The number of morpholine rings is 1. The zero-order chi connectivity index (χ0) is 14.7. The molecule has 1 aromatic heterocycles. The normalized spacial score (nSPS) is 15.0. The van der Waals surface area contributed by atoms with Crippen LogP contribution in [0.25, 0.3) is 0 Å². The SMILES string of the molecule is Fc1ccc(Nc2cnnc(N3CCOCC3)n2)c(F)c1. The first-order valence-corrected chi connectivity index (χ1v) is 6.47. The summed E-state index contributed by atoms with van der Waals surface area (Å²) in [6, 6.07) is 3.28. The maximum atomic E-state index is 13.6. The fourth-order valence-electron chi connectivity index (χ4n) is 1.98. The Morgan fingerprint density at radius 2 is 2.00 bits per heavy atom. The van der Waals surface area contributed by atoms with Crippen molar-refractivity contribution in [2.75, 3.05) is 36.5 Å². The average molecular weight is 293 g/mol. The molecule has 0 amide bonds. The molecule has 1 saturated heterocycles. The fourth-order valence-corrected chi connectivity index (χ4v) is 1.98. The first-order chi connectivity index (χ1) is 10.2. The van der Waals surface area contributed by atoms with Crippen LogP contribution >= 0.6 is 0 Å². The average Bonchev–Trinajstić information content (AvgIpc) is 2.51. The molecule has 0 atom stereocenters. The number of rotatable bonds is 3. The molecule has 2 aromatic rings. The molecule has 0 saturated carbocycles. The summed E-state index contributed by atoms with van der Waals surface area (Å²) in [5.41, 5.74) is 0.129. The van der Waals surface area contributed by atoms with Gasteiger partial charge in [0.25, 0.3) is 0 Å². The maximum Gasteiger partial charge on any atom is 0.247 e. The summed E-state index contributed by atoms with van der Waals surface area (Å²) in [6.45, 7) is 2.56. The standard InChI is InChI=1S/C13H13F2N5O/c14-9-1-2-11(10(15)7-9)17-12-8-16-19-13(18-12)20-3-5-21-6-4-20/h1-2,7-8H,3-6H2,(H,17,18,19). The van der Waals surface area contributed by atoms with Crippen molar-refractivity contribution in [2.24, 2.45) is 0 Å². The van der Waals surface area contributed by atoms with E-state index in [9.17, 15) is 8.78 Å². The van der Waals surface area contributed by atoms with E-state index >= 15 is 0 Å². The van der Waals surface area contributed by atoms with E-state index in [2.05, 4.69) is 20.5 Å². The summed E-state index contributed by atoms with van der Waals surface area (Å²) < 4.78 is 31.7. The number of aromatic nitrogens is 3. The zero-order valence-corrected chi connectivity index (χ0v) is 11.1. The lowest BCUT2D eigenvalue weighted by molar-refractivity contribution is 0.122. The highest BCUT2D eigenvalue weighted by Crippen LogP contribution is 2.20. The van der Waals surface area contributed by atoms with Crippen molar-refractivity contribution in [3.8, 4) is 0 Å². The number of anilines is 3. The Morgan fingerprint density at radius 3 is 2.76 bits per heavy atom. The quantitative estimate of drug-likeness (QED) is 0.930. The van der Waals surface area contributed by atoms with Gasteiger partial charge in [-0.25, -0.2) is 8.78 Å². The molecule has 1 aromatic carbocycles. The molecule has 21 heavy (non-hydrogen) atoms. The van der Waals surface area contributed by atoms with Crippen molar-refractivity contribution in [1.82, 2.24) is 15.2 Å². The largest absolute Gasteiger partial charge is 0.378 e. The van der Waals surface area contributed by atoms with E-state index in [0.29, 0.717) is 38.1 Å². The Kier molecular flexibility index (Phi) is 3.87. The number of nitrogens with zero attached hydrogens (tertiary/aromatic N) is 4. The van der Waals surface area contributed by atoms with E-state index in [1.807, 2.05) is 4.90 Å². The van der Waals surface area contributed by atoms with Crippen LogP contribution in [-0.4, -0.2) is 41.5 Å². The molecule has 1 aliphatic heterocycles. The van der Waals surface area contributed by atoms with Gasteiger partial charge in [0.1, 0.15) is 11.6 Å². The summed E-state index contributed by atoms with van der Waals surface area (Å²) in [5.74, 6) is -0.530. The molecular weight excluding hydrogens is 280 g/mol. The molecule has 0 spiro atoms. The van der Waals surface area contributed by atoms with Crippen molar-refractivity contribution in [3.63, 3.8) is 0 Å². The van der Waals surface area contributed by atoms with Gasteiger partial charge in [0.05, 0.1) is 25.1 Å². The highest BCUT2D eigenvalue weighted by atomic mass is 19.1. The minimum Gasteiger partial charge on any atom is -0.378 e. The van der Waals surface area contributed by atoms with Crippen LogP contribution in [0, 0.1) is 11.6 Å². The summed E-state index contributed by atoms with van der Waals surface area (Å²) in [6.07, 6.45) is 1.38. The predicted octanol–water partition coefficient (Wildman–Crippen LogP) is 1.73. The van der Waals surface area contributed by atoms with Crippen LogP contribution in [0.3, 0.4) is 0 Å². The third kappa shape index (κ3) is 3.22. The van der Waals surface area contributed by atoms with Gasteiger partial charge in [-0.15, -0.1) is 5.10 Å². The monoisotopic (exact) mass is 293 g/mol. The van der Waals surface area contributed by atoms with Gasteiger partial charge >= 0.3 is 0 Å². The Balaban J connectivity index is 1.79. The van der Waals surface area contributed by atoms with E-state index in [1.165, 1.54) is 18.3 Å². The van der Waals surface area contributed by atoms with Gasteiger partial charge in [0.15, 0.2) is 5.82 Å². The van der Waals surface area contributed by atoms with Crippen LogP contribution in [0.2, 0.25) is 0 Å². The summed E-state index contributed by atoms with van der Waals surface area (Å²) in [4.78, 5) is 6.21. The summed E-state index contributed by atoms with van der Waals surface area (Å²) in [5, 5.41) is 10.6. The Hall–Kier alpha value is -2.35. The highest BCUT2D eigenvalue weighted by Gasteiger charge is 2.15. The van der Waals surface area contributed by atoms with Gasteiger partial charge in [-0.05, 0) is 12.1 Å². The summed E-state index contributed by atoms with van der Waals surface area (Å²) >= 11 is 0. The minimum atomic E-state index is -0.693.